The second-order valence-electron chi connectivity index (χ2n) is 5.83. The molecule has 1 saturated carbocycles. The second-order valence-corrected chi connectivity index (χ2v) is 7.59. The predicted octanol–water partition coefficient (Wildman–Crippen LogP) is 2.43. The maximum atomic E-state index is 12.9. The van der Waals surface area contributed by atoms with Crippen molar-refractivity contribution in [2.45, 2.75) is 31.7 Å². The number of allylic oxidation sites excluding steroid dienone is 2. The van der Waals surface area contributed by atoms with Crippen LogP contribution in [0.2, 0.25) is 0 Å². The molecule has 0 aromatic carbocycles. The Bertz CT molecular complexity index is 670. The molecule has 1 aliphatic heterocycles. The van der Waals surface area contributed by atoms with Gasteiger partial charge in [-0.05, 0) is 0 Å². The summed E-state index contributed by atoms with van der Waals surface area (Å²) < 4.78 is 11.2. The van der Waals surface area contributed by atoms with Crippen LogP contribution in [0.5, 0.6) is 0 Å². The quantitative estimate of drug-likeness (QED) is 0.236. The summed E-state index contributed by atoms with van der Waals surface area (Å²) in [6.07, 6.45) is 5.02. The third kappa shape index (κ3) is 4.81. The number of hydrogen-bond acceptors (Lipinski definition) is 6. The summed E-state index contributed by atoms with van der Waals surface area (Å²) in [5.41, 5.74) is 1.13. The summed E-state index contributed by atoms with van der Waals surface area (Å²) in [6, 6.07) is -0.743. The van der Waals surface area contributed by atoms with Crippen molar-refractivity contribution in [3.63, 3.8) is 0 Å². The standard InChI is InChI=1S/C17H20N2O4S.W/c1-12(22-2)9-13-5-3-4-6-14(10-13)15(18-11-24)16(20)19-7-8-23-17(19)21;/h9,14-15H,1,3-8H2,2H3;. The van der Waals surface area contributed by atoms with Crippen molar-refractivity contribution in [1.29, 1.82) is 0 Å². The van der Waals surface area contributed by atoms with Crippen molar-refractivity contribution in [2.24, 2.45) is 10.9 Å². The number of carbonyl (C=O) groups is 2. The molecule has 6 nitrogen and oxygen atoms in total. The van der Waals surface area contributed by atoms with E-state index in [9.17, 15) is 9.59 Å². The number of methoxy groups -OCH3 is 1. The van der Waals surface area contributed by atoms with Crippen LogP contribution in [0.25, 0.3) is 0 Å². The van der Waals surface area contributed by atoms with Gasteiger partial charge in [-0.2, -0.15) is 0 Å². The molecule has 8 heteroatoms. The molecule has 134 valence electrons. The van der Waals surface area contributed by atoms with Crippen molar-refractivity contribution in [3.8, 4) is 0 Å². The van der Waals surface area contributed by atoms with Crippen molar-refractivity contribution in [1.82, 2.24) is 4.90 Å². The third-order valence-electron chi connectivity index (χ3n) is 4.31. The van der Waals surface area contributed by atoms with Gasteiger partial charge < -0.3 is 0 Å². The normalized spacial score (nSPS) is 23.5. The average molecular weight is 532 g/mol. The van der Waals surface area contributed by atoms with Gasteiger partial charge in [0.25, 0.3) is 0 Å². The number of hydrogen-bond donors (Lipinski definition) is 0. The summed E-state index contributed by atoms with van der Waals surface area (Å²) in [5.74, 6) is 0.110. The predicted molar refractivity (Wildman–Crippen MR) is 93.1 cm³/mol. The molecule has 0 spiro atoms. The van der Waals surface area contributed by atoms with E-state index in [0.717, 1.165) is 40.1 Å². The number of amides is 2. The second kappa shape index (κ2) is 9.32. The molecule has 1 aliphatic carbocycles. The molecule has 0 aromatic heterocycles. The molecule has 1 heterocycles. The number of aliphatic imine (C=N–C) groups is 1. The third-order valence-corrected chi connectivity index (χ3v) is 6.45. The van der Waals surface area contributed by atoms with Crippen LogP contribution in [0.15, 0.2) is 29.0 Å². The molecule has 2 rings (SSSR count). The van der Waals surface area contributed by atoms with E-state index in [-0.39, 0.29) is 25.0 Å². The SMILES string of the molecule is C=C(C=C1CCCCC(C(N=C=S)C(=O)N2CCOC2=O)[C]1=[W])OC. The number of nitrogens with zero attached hydrogens (tertiary/aromatic N) is 2. The minimum atomic E-state index is -0.743. The first-order chi connectivity index (χ1) is 12.0. The zero-order valence-corrected chi connectivity index (χ0v) is 17.8. The molecule has 2 unspecified atom stereocenters. The van der Waals surface area contributed by atoms with Crippen molar-refractivity contribution in [2.75, 3.05) is 20.3 Å². The van der Waals surface area contributed by atoms with E-state index < -0.39 is 12.1 Å². The monoisotopic (exact) mass is 532 g/mol. The molecule has 2 aliphatic rings. The summed E-state index contributed by atoms with van der Waals surface area (Å²) in [4.78, 5) is 29.9. The topological polar surface area (TPSA) is 68.2 Å². The first kappa shape index (κ1) is 19.9. The van der Waals surface area contributed by atoms with Crippen LogP contribution < -0.4 is 0 Å². The molecule has 0 N–H and O–H groups in total. The van der Waals surface area contributed by atoms with Gasteiger partial charge in [0.1, 0.15) is 0 Å². The Balaban J connectivity index is 2.32. The first-order valence-corrected chi connectivity index (χ1v) is 9.90. The molecule has 0 radical (unpaired) electrons. The van der Waals surface area contributed by atoms with Crippen LogP contribution in [0.4, 0.5) is 4.79 Å². The van der Waals surface area contributed by atoms with Crippen LogP contribution >= 0.6 is 12.2 Å². The Morgan fingerprint density at radius 2 is 2.36 bits per heavy atom. The molecule has 0 bridgehead atoms. The van der Waals surface area contributed by atoms with Gasteiger partial charge in [-0.3, -0.25) is 0 Å². The van der Waals surface area contributed by atoms with Gasteiger partial charge in [-0.15, -0.1) is 0 Å². The zero-order valence-electron chi connectivity index (χ0n) is 14.0. The summed E-state index contributed by atoms with van der Waals surface area (Å²) in [5, 5.41) is 2.33. The molecular weight excluding hydrogens is 512 g/mol. The number of thiocarbonyl (C=S) groups is 1. The minimum absolute atomic E-state index is 0.107. The molecule has 1 saturated heterocycles. The van der Waals surface area contributed by atoms with Gasteiger partial charge in [-0.25, -0.2) is 0 Å². The van der Waals surface area contributed by atoms with E-state index in [4.69, 9.17) is 21.7 Å². The molecule has 2 fully saturated rings. The molecule has 0 aromatic rings. The van der Waals surface area contributed by atoms with E-state index in [0.29, 0.717) is 5.76 Å². The van der Waals surface area contributed by atoms with Crippen LogP contribution in [-0.4, -0.2) is 52.3 Å². The Morgan fingerprint density at radius 3 is 2.96 bits per heavy atom. The first-order valence-electron chi connectivity index (χ1n) is 8.02. The van der Waals surface area contributed by atoms with Crippen LogP contribution in [0.1, 0.15) is 25.7 Å². The number of imide groups is 1. The molecular formula is C17H20N2O4SW. The van der Waals surface area contributed by atoms with Crippen molar-refractivity contribution < 1.29 is 38.4 Å². The Morgan fingerprint density at radius 1 is 1.60 bits per heavy atom. The number of cyclic esters (lactones) is 1. The number of ether oxygens (including phenoxy) is 2. The summed E-state index contributed by atoms with van der Waals surface area (Å²) >= 11 is 6.02. The maximum absolute atomic E-state index is 12.9. The van der Waals surface area contributed by atoms with Gasteiger partial charge in [0.2, 0.25) is 0 Å². The summed E-state index contributed by atoms with van der Waals surface area (Å²) in [6.45, 7) is 4.33. The van der Waals surface area contributed by atoms with Gasteiger partial charge in [0.05, 0.1) is 0 Å². The van der Waals surface area contributed by atoms with E-state index in [1.165, 1.54) is 19.4 Å². The summed E-state index contributed by atoms with van der Waals surface area (Å²) in [7, 11) is 1.58. The van der Waals surface area contributed by atoms with Crippen molar-refractivity contribution >= 4 is 33.3 Å². The van der Waals surface area contributed by atoms with Gasteiger partial charge in [0.15, 0.2) is 0 Å². The molecule has 25 heavy (non-hydrogen) atoms. The molecule has 2 atom stereocenters. The fourth-order valence-corrected chi connectivity index (χ4v) is 4.58. The van der Waals surface area contributed by atoms with E-state index in [2.05, 4.69) is 16.7 Å². The van der Waals surface area contributed by atoms with E-state index in [1.54, 1.807) is 7.11 Å². The zero-order chi connectivity index (χ0) is 18.4. The van der Waals surface area contributed by atoms with Crippen LogP contribution in [-0.2, 0) is 33.6 Å². The van der Waals surface area contributed by atoms with E-state index in [1.807, 2.05) is 6.08 Å². The van der Waals surface area contributed by atoms with Crippen LogP contribution in [0, 0.1) is 5.92 Å². The van der Waals surface area contributed by atoms with Crippen LogP contribution in [0.3, 0.4) is 0 Å². The Kier molecular flexibility index (Phi) is 7.42. The van der Waals surface area contributed by atoms with Crippen molar-refractivity contribution in [3.05, 3.63) is 24.0 Å². The number of isothiocyanates is 1. The van der Waals surface area contributed by atoms with E-state index >= 15 is 0 Å². The fourth-order valence-electron chi connectivity index (χ4n) is 3.00. The fraction of sp³-hybridized carbons (Fsp3) is 0.529. The Hall–Kier alpha value is -1.42. The van der Waals surface area contributed by atoms with Gasteiger partial charge in [0, 0.05) is 0 Å². The average Bonchev–Trinajstić information content (AvgIpc) is 2.95. The number of carbonyl (C=O) groups excluding carboxylic acids is 2. The van der Waals surface area contributed by atoms with Gasteiger partial charge >= 0.3 is 163 Å². The molecule has 2 amide bonds. The van der Waals surface area contributed by atoms with Gasteiger partial charge in [-0.1, -0.05) is 0 Å². The Labute approximate surface area is 163 Å². The number of rotatable bonds is 5.